The quantitative estimate of drug-likeness (QED) is 0.657. The number of aromatic nitrogens is 3. The Hall–Kier alpha value is -2.63. The van der Waals surface area contributed by atoms with E-state index in [4.69, 9.17) is 0 Å². The Morgan fingerprint density at radius 1 is 1.37 bits per heavy atom. The zero-order valence-electron chi connectivity index (χ0n) is 10.4. The van der Waals surface area contributed by atoms with Crippen molar-refractivity contribution >= 4 is 12.1 Å². The van der Waals surface area contributed by atoms with Crippen LogP contribution in [0.1, 0.15) is 28.7 Å². The number of rotatable bonds is 4. The molecular weight excluding hydrogens is 242 g/mol. The van der Waals surface area contributed by atoms with E-state index in [1.54, 1.807) is 12.4 Å². The Balaban J connectivity index is 1.98. The van der Waals surface area contributed by atoms with E-state index in [0.717, 1.165) is 17.7 Å². The molecule has 0 atom stereocenters. The molecule has 6 nitrogen and oxygen atoms in total. The summed E-state index contributed by atoms with van der Waals surface area (Å²) in [5.41, 5.74) is 4.48. The molecular formula is C13H13N5O. The molecule has 0 aliphatic carbocycles. The van der Waals surface area contributed by atoms with E-state index in [0.29, 0.717) is 0 Å². The molecule has 0 radical (unpaired) electrons. The Morgan fingerprint density at radius 3 is 3.00 bits per heavy atom. The third kappa shape index (κ3) is 3.67. The molecule has 0 spiro atoms. The van der Waals surface area contributed by atoms with Gasteiger partial charge in [-0.05, 0) is 24.1 Å². The number of nitrogens with zero attached hydrogens (tertiary/aromatic N) is 4. The topological polar surface area (TPSA) is 80.1 Å². The van der Waals surface area contributed by atoms with Gasteiger partial charge in [-0.2, -0.15) is 5.10 Å². The lowest BCUT2D eigenvalue weighted by Crippen LogP contribution is -2.19. The molecule has 0 aromatic carbocycles. The number of hydrogen-bond donors (Lipinski definition) is 1. The zero-order chi connectivity index (χ0) is 13.5. The molecule has 96 valence electrons. The van der Waals surface area contributed by atoms with Crippen LogP contribution in [0.3, 0.4) is 0 Å². The lowest BCUT2D eigenvalue weighted by Gasteiger charge is -1.99. The summed E-state index contributed by atoms with van der Waals surface area (Å²) in [4.78, 5) is 23.5. The number of hydrazone groups is 1. The predicted molar refractivity (Wildman–Crippen MR) is 70.7 cm³/mol. The van der Waals surface area contributed by atoms with Crippen molar-refractivity contribution in [2.45, 2.75) is 13.3 Å². The smallest absolute Gasteiger partial charge is 0.265 e. The van der Waals surface area contributed by atoms with Crippen molar-refractivity contribution in [3.05, 3.63) is 53.9 Å². The van der Waals surface area contributed by atoms with E-state index < -0.39 is 5.91 Å². The second-order valence-electron chi connectivity index (χ2n) is 3.72. The molecule has 0 aliphatic rings. The molecule has 6 heteroatoms. The van der Waals surface area contributed by atoms with Crippen LogP contribution in [0.4, 0.5) is 0 Å². The number of aryl methyl sites for hydroxylation is 1. The van der Waals surface area contributed by atoms with Gasteiger partial charge in [-0.25, -0.2) is 10.4 Å². The minimum absolute atomic E-state index is 0.226. The van der Waals surface area contributed by atoms with Crippen LogP contribution in [0.5, 0.6) is 0 Å². The van der Waals surface area contributed by atoms with Gasteiger partial charge in [-0.3, -0.25) is 14.8 Å². The van der Waals surface area contributed by atoms with Crippen molar-refractivity contribution in [3.63, 3.8) is 0 Å². The van der Waals surface area contributed by atoms with Gasteiger partial charge in [0.15, 0.2) is 0 Å². The van der Waals surface area contributed by atoms with Crippen LogP contribution in [0.15, 0.2) is 42.0 Å². The van der Waals surface area contributed by atoms with Gasteiger partial charge < -0.3 is 0 Å². The van der Waals surface area contributed by atoms with Crippen LogP contribution >= 0.6 is 0 Å². The van der Waals surface area contributed by atoms with Crippen LogP contribution in [0.2, 0.25) is 0 Å². The first kappa shape index (κ1) is 12.8. The highest BCUT2D eigenvalue weighted by molar-refractivity contribution is 5.92. The fourth-order valence-electron chi connectivity index (χ4n) is 1.41. The van der Waals surface area contributed by atoms with Gasteiger partial charge in [0, 0.05) is 24.3 Å². The van der Waals surface area contributed by atoms with Crippen molar-refractivity contribution in [1.29, 1.82) is 0 Å². The lowest BCUT2D eigenvalue weighted by molar-refractivity contribution is 0.0950. The van der Waals surface area contributed by atoms with Gasteiger partial charge in [-0.1, -0.05) is 6.92 Å². The normalized spacial score (nSPS) is 10.6. The first-order valence-electron chi connectivity index (χ1n) is 5.84. The van der Waals surface area contributed by atoms with Crippen molar-refractivity contribution in [1.82, 2.24) is 20.4 Å². The van der Waals surface area contributed by atoms with Crippen molar-refractivity contribution in [3.8, 4) is 0 Å². The summed E-state index contributed by atoms with van der Waals surface area (Å²) in [6.07, 6.45) is 8.47. The van der Waals surface area contributed by atoms with E-state index in [2.05, 4.69) is 25.5 Å². The summed E-state index contributed by atoms with van der Waals surface area (Å²) < 4.78 is 0. The van der Waals surface area contributed by atoms with Crippen molar-refractivity contribution in [2.24, 2.45) is 5.10 Å². The van der Waals surface area contributed by atoms with Crippen molar-refractivity contribution in [2.75, 3.05) is 0 Å². The molecule has 2 heterocycles. The summed E-state index contributed by atoms with van der Waals surface area (Å²) in [6, 6.07) is 3.73. The summed E-state index contributed by atoms with van der Waals surface area (Å²) in [5, 5.41) is 3.87. The average Bonchev–Trinajstić information content (AvgIpc) is 2.48. The molecule has 2 aromatic rings. The molecule has 2 rings (SSSR count). The Labute approximate surface area is 110 Å². The van der Waals surface area contributed by atoms with E-state index >= 15 is 0 Å². The first-order chi connectivity index (χ1) is 9.29. The maximum Gasteiger partial charge on any atom is 0.291 e. The van der Waals surface area contributed by atoms with Crippen LogP contribution in [-0.4, -0.2) is 27.1 Å². The first-order valence-corrected chi connectivity index (χ1v) is 5.84. The Bertz CT molecular complexity index is 583. The zero-order valence-corrected chi connectivity index (χ0v) is 10.4. The second-order valence-corrected chi connectivity index (χ2v) is 3.72. The van der Waals surface area contributed by atoms with Gasteiger partial charge >= 0.3 is 0 Å². The number of nitrogens with one attached hydrogen (secondary N) is 1. The van der Waals surface area contributed by atoms with E-state index in [1.807, 2.05) is 19.1 Å². The van der Waals surface area contributed by atoms with E-state index in [-0.39, 0.29) is 5.69 Å². The van der Waals surface area contributed by atoms with Crippen molar-refractivity contribution < 1.29 is 4.79 Å². The predicted octanol–water partition coefficient (Wildman–Crippen LogP) is 1.20. The fraction of sp³-hybridized carbons (Fsp3) is 0.154. The maximum absolute atomic E-state index is 11.6. The third-order valence-electron chi connectivity index (χ3n) is 2.38. The summed E-state index contributed by atoms with van der Waals surface area (Å²) in [5.74, 6) is -0.394. The van der Waals surface area contributed by atoms with Gasteiger partial charge in [0.25, 0.3) is 5.91 Å². The lowest BCUT2D eigenvalue weighted by atomic mass is 10.2. The molecule has 0 fully saturated rings. The molecule has 0 unspecified atom stereocenters. The summed E-state index contributed by atoms with van der Waals surface area (Å²) >= 11 is 0. The van der Waals surface area contributed by atoms with Crippen LogP contribution in [-0.2, 0) is 6.42 Å². The number of carbonyl (C=O) groups is 1. The number of pyridine rings is 1. The standard InChI is InChI=1S/C13H13N5O/c1-2-11-7-10(3-4-15-11)8-17-18-13(19)12-9-14-5-6-16-12/h3-9H,2H2,1H3,(H,18,19). The van der Waals surface area contributed by atoms with Crippen LogP contribution < -0.4 is 5.43 Å². The highest BCUT2D eigenvalue weighted by atomic mass is 16.2. The van der Waals surface area contributed by atoms with Crippen LogP contribution in [0.25, 0.3) is 0 Å². The molecule has 2 aromatic heterocycles. The fourth-order valence-corrected chi connectivity index (χ4v) is 1.41. The monoisotopic (exact) mass is 255 g/mol. The highest BCUT2D eigenvalue weighted by Crippen LogP contribution is 1.99. The van der Waals surface area contributed by atoms with E-state index in [9.17, 15) is 4.79 Å². The second kappa shape index (κ2) is 6.34. The highest BCUT2D eigenvalue weighted by Gasteiger charge is 2.04. The number of carbonyl (C=O) groups excluding carboxylic acids is 1. The largest absolute Gasteiger partial charge is 0.291 e. The number of hydrogen-bond acceptors (Lipinski definition) is 5. The molecule has 0 saturated carbocycles. The summed E-state index contributed by atoms with van der Waals surface area (Å²) in [6.45, 7) is 2.03. The van der Waals surface area contributed by atoms with Gasteiger partial charge in [0.2, 0.25) is 0 Å². The molecule has 0 aliphatic heterocycles. The Morgan fingerprint density at radius 2 is 2.26 bits per heavy atom. The van der Waals surface area contributed by atoms with Gasteiger partial charge in [0.05, 0.1) is 12.4 Å². The molecule has 0 bridgehead atoms. The summed E-state index contributed by atoms with van der Waals surface area (Å²) in [7, 11) is 0. The number of amides is 1. The van der Waals surface area contributed by atoms with Crippen LogP contribution in [0, 0.1) is 0 Å². The molecule has 19 heavy (non-hydrogen) atoms. The molecule has 0 saturated heterocycles. The SMILES string of the molecule is CCc1cc(C=NNC(=O)c2cnccn2)ccn1. The minimum atomic E-state index is -0.394. The minimum Gasteiger partial charge on any atom is -0.265 e. The average molecular weight is 255 g/mol. The van der Waals surface area contributed by atoms with Gasteiger partial charge in [-0.15, -0.1) is 0 Å². The molecule has 1 N–H and O–H groups in total. The third-order valence-corrected chi connectivity index (χ3v) is 2.38. The Kier molecular flexibility index (Phi) is 4.28. The molecule has 1 amide bonds. The van der Waals surface area contributed by atoms with E-state index in [1.165, 1.54) is 18.6 Å². The maximum atomic E-state index is 11.6. The van der Waals surface area contributed by atoms with Gasteiger partial charge in [0.1, 0.15) is 5.69 Å².